The normalized spacial score (nSPS) is 18.8. The minimum absolute atomic E-state index is 0.0361. The van der Waals surface area contributed by atoms with E-state index in [0.717, 1.165) is 5.56 Å². The Labute approximate surface area is 150 Å². The first-order valence-electron chi connectivity index (χ1n) is 7.93. The topological polar surface area (TPSA) is 119 Å². The van der Waals surface area contributed by atoms with Gasteiger partial charge in [-0.3, -0.25) is 19.7 Å². The highest BCUT2D eigenvalue weighted by Crippen LogP contribution is 2.38. The maximum atomic E-state index is 12.4. The van der Waals surface area contributed by atoms with Crippen LogP contribution in [-0.2, 0) is 16.0 Å². The smallest absolute Gasteiger partial charge is 0.269 e. The highest BCUT2D eigenvalue weighted by Gasteiger charge is 2.45. The number of thioether (sulfide) groups is 1. The Morgan fingerprint density at radius 3 is 2.60 bits per heavy atom. The molecule has 25 heavy (non-hydrogen) atoms. The fourth-order valence-corrected chi connectivity index (χ4v) is 4.03. The van der Waals surface area contributed by atoms with Crippen LogP contribution in [0, 0.1) is 10.1 Å². The quantitative estimate of drug-likeness (QED) is 0.570. The first kappa shape index (κ1) is 19.2. The molecule has 2 amide bonds. The molecule has 1 aliphatic heterocycles. The molecule has 1 aromatic rings. The summed E-state index contributed by atoms with van der Waals surface area (Å²) in [5.41, 5.74) is 6.39. The van der Waals surface area contributed by atoms with E-state index < -0.39 is 15.8 Å². The molecule has 136 valence electrons. The van der Waals surface area contributed by atoms with Crippen LogP contribution in [-0.4, -0.2) is 51.4 Å². The summed E-state index contributed by atoms with van der Waals surface area (Å²) in [4.78, 5) is 35.8. The summed E-state index contributed by atoms with van der Waals surface area (Å²) in [7, 11) is 0. The van der Waals surface area contributed by atoms with Crippen molar-refractivity contribution in [1.29, 1.82) is 0 Å². The van der Waals surface area contributed by atoms with E-state index >= 15 is 0 Å². The van der Waals surface area contributed by atoms with Crippen molar-refractivity contribution in [1.82, 2.24) is 10.2 Å². The molecule has 9 heteroatoms. The van der Waals surface area contributed by atoms with E-state index in [0.29, 0.717) is 18.7 Å². The standard InChI is InChI=1S/C16H22N4O4S/c1-16(2)19(14(21)9-17)13(10-25-16)15(22)18-8-7-11-3-5-12(6-4-11)20(23)24/h3-6,13H,7-10,17H2,1-2H3,(H,18,22)/t13-/m0/s1. The van der Waals surface area contributed by atoms with E-state index in [-0.39, 0.29) is 24.0 Å². The zero-order chi connectivity index (χ0) is 18.6. The van der Waals surface area contributed by atoms with Crippen molar-refractivity contribution >= 4 is 29.3 Å². The number of amides is 2. The Morgan fingerprint density at radius 1 is 1.40 bits per heavy atom. The van der Waals surface area contributed by atoms with Gasteiger partial charge in [0.15, 0.2) is 0 Å². The van der Waals surface area contributed by atoms with Gasteiger partial charge in [0.25, 0.3) is 5.69 Å². The number of carbonyl (C=O) groups is 2. The second-order valence-electron chi connectivity index (χ2n) is 6.21. The van der Waals surface area contributed by atoms with Crippen molar-refractivity contribution in [3.8, 4) is 0 Å². The van der Waals surface area contributed by atoms with Crippen molar-refractivity contribution in [2.75, 3.05) is 18.8 Å². The van der Waals surface area contributed by atoms with Gasteiger partial charge in [-0.2, -0.15) is 0 Å². The molecule has 0 bridgehead atoms. The lowest BCUT2D eigenvalue weighted by molar-refractivity contribution is -0.384. The molecule has 0 aliphatic carbocycles. The SMILES string of the molecule is CC1(C)SC[C@@H](C(=O)NCCc2ccc([N+](=O)[O-])cc2)N1C(=O)CN. The summed E-state index contributed by atoms with van der Waals surface area (Å²) >= 11 is 1.55. The summed E-state index contributed by atoms with van der Waals surface area (Å²) in [6.07, 6.45) is 0.553. The molecule has 0 unspecified atom stereocenters. The van der Waals surface area contributed by atoms with Gasteiger partial charge in [0.1, 0.15) is 6.04 Å². The van der Waals surface area contributed by atoms with Gasteiger partial charge in [0.05, 0.1) is 16.3 Å². The molecule has 1 aromatic carbocycles. The average molecular weight is 366 g/mol. The highest BCUT2D eigenvalue weighted by molar-refractivity contribution is 8.00. The molecule has 8 nitrogen and oxygen atoms in total. The van der Waals surface area contributed by atoms with Crippen LogP contribution in [0.5, 0.6) is 0 Å². The minimum Gasteiger partial charge on any atom is -0.354 e. The molecule has 1 atom stereocenters. The van der Waals surface area contributed by atoms with E-state index in [1.54, 1.807) is 28.8 Å². The second kappa shape index (κ2) is 7.83. The number of nitro benzene ring substituents is 1. The Balaban J connectivity index is 1.91. The summed E-state index contributed by atoms with van der Waals surface area (Å²) in [6, 6.07) is 5.68. The molecular formula is C16H22N4O4S. The van der Waals surface area contributed by atoms with Gasteiger partial charge in [-0.05, 0) is 25.8 Å². The van der Waals surface area contributed by atoms with Gasteiger partial charge in [-0.25, -0.2) is 0 Å². The van der Waals surface area contributed by atoms with Crippen LogP contribution in [0.3, 0.4) is 0 Å². The molecule has 1 fully saturated rings. The van der Waals surface area contributed by atoms with Crippen molar-refractivity contribution in [2.45, 2.75) is 31.2 Å². The van der Waals surface area contributed by atoms with Crippen LogP contribution in [0.4, 0.5) is 5.69 Å². The van der Waals surface area contributed by atoms with E-state index in [2.05, 4.69) is 5.32 Å². The average Bonchev–Trinajstić information content (AvgIpc) is 2.90. The number of rotatable bonds is 6. The van der Waals surface area contributed by atoms with E-state index in [1.165, 1.54) is 12.1 Å². The summed E-state index contributed by atoms with van der Waals surface area (Å²) in [6.45, 7) is 4.06. The Morgan fingerprint density at radius 2 is 2.04 bits per heavy atom. The number of nitrogens with two attached hydrogens (primary N) is 1. The molecule has 0 radical (unpaired) electrons. The molecular weight excluding hydrogens is 344 g/mol. The highest BCUT2D eigenvalue weighted by atomic mass is 32.2. The van der Waals surface area contributed by atoms with Crippen LogP contribution < -0.4 is 11.1 Å². The maximum absolute atomic E-state index is 12.4. The maximum Gasteiger partial charge on any atom is 0.269 e. The van der Waals surface area contributed by atoms with Gasteiger partial charge in [0.2, 0.25) is 11.8 Å². The molecule has 0 spiro atoms. The van der Waals surface area contributed by atoms with Gasteiger partial charge in [-0.15, -0.1) is 11.8 Å². The Bertz CT molecular complexity index is 663. The van der Waals surface area contributed by atoms with Crippen molar-refractivity contribution in [3.63, 3.8) is 0 Å². The Kier molecular flexibility index (Phi) is 6.02. The predicted molar refractivity (Wildman–Crippen MR) is 96.0 cm³/mol. The lowest BCUT2D eigenvalue weighted by atomic mass is 10.1. The van der Waals surface area contributed by atoms with E-state index in [1.807, 2.05) is 13.8 Å². The zero-order valence-corrected chi connectivity index (χ0v) is 15.0. The zero-order valence-electron chi connectivity index (χ0n) is 14.2. The van der Waals surface area contributed by atoms with Crippen LogP contribution in [0.1, 0.15) is 19.4 Å². The lowest BCUT2D eigenvalue weighted by Crippen LogP contribution is -2.54. The molecule has 3 N–H and O–H groups in total. The number of non-ortho nitro benzene ring substituents is 1. The van der Waals surface area contributed by atoms with Gasteiger partial charge < -0.3 is 16.0 Å². The Hall–Kier alpha value is -2.13. The first-order valence-corrected chi connectivity index (χ1v) is 8.92. The van der Waals surface area contributed by atoms with Crippen molar-refractivity contribution in [3.05, 3.63) is 39.9 Å². The molecule has 1 aliphatic rings. The second-order valence-corrected chi connectivity index (χ2v) is 7.83. The number of nitro groups is 1. The molecule has 1 heterocycles. The molecule has 0 saturated carbocycles. The first-order chi connectivity index (χ1) is 11.8. The number of benzene rings is 1. The van der Waals surface area contributed by atoms with E-state index in [9.17, 15) is 19.7 Å². The van der Waals surface area contributed by atoms with Crippen LogP contribution in [0.2, 0.25) is 0 Å². The molecule has 2 rings (SSSR count). The molecule has 1 saturated heterocycles. The van der Waals surface area contributed by atoms with Crippen LogP contribution in [0.15, 0.2) is 24.3 Å². The third kappa shape index (κ3) is 4.49. The number of hydrogen-bond donors (Lipinski definition) is 2. The minimum atomic E-state index is -0.534. The van der Waals surface area contributed by atoms with Crippen LogP contribution >= 0.6 is 11.8 Å². The number of nitrogens with zero attached hydrogens (tertiary/aromatic N) is 2. The fourth-order valence-electron chi connectivity index (χ4n) is 2.80. The van der Waals surface area contributed by atoms with Gasteiger partial charge in [-0.1, -0.05) is 12.1 Å². The van der Waals surface area contributed by atoms with Crippen molar-refractivity contribution < 1.29 is 14.5 Å². The van der Waals surface area contributed by atoms with E-state index in [4.69, 9.17) is 5.73 Å². The summed E-state index contributed by atoms with van der Waals surface area (Å²) in [5, 5.41) is 13.5. The summed E-state index contributed by atoms with van der Waals surface area (Å²) in [5.74, 6) is 0.0783. The fraction of sp³-hybridized carbons (Fsp3) is 0.500. The predicted octanol–water partition coefficient (Wildman–Crippen LogP) is 0.892. The monoisotopic (exact) mass is 366 g/mol. The third-order valence-corrected chi connectivity index (χ3v) is 5.48. The van der Waals surface area contributed by atoms with Crippen LogP contribution in [0.25, 0.3) is 0 Å². The van der Waals surface area contributed by atoms with Gasteiger partial charge in [0, 0.05) is 24.4 Å². The number of hydrogen-bond acceptors (Lipinski definition) is 6. The lowest BCUT2D eigenvalue weighted by Gasteiger charge is -2.33. The van der Waals surface area contributed by atoms with Gasteiger partial charge >= 0.3 is 0 Å². The molecule has 0 aromatic heterocycles. The van der Waals surface area contributed by atoms with Crippen molar-refractivity contribution in [2.24, 2.45) is 5.73 Å². The number of nitrogens with one attached hydrogen (secondary N) is 1. The summed E-state index contributed by atoms with van der Waals surface area (Å²) < 4.78 is 0. The largest absolute Gasteiger partial charge is 0.354 e. The number of carbonyl (C=O) groups excluding carboxylic acids is 2. The third-order valence-electron chi connectivity index (χ3n) is 4.09.